The lowest BCUT2D eigenvalue weighted by Crippen LogP contribution is -2.01. The molecule has 0 amide bonds. The van der Waals surface area contributed by atoms with E-state index in [0.29, 0.717) is 23.3 Å². The molecule has 0 bridgehead atoms. The average molecular weight is 841 g/mol. The van der Waals surface area contributed by atoms with Gasteiger partial charge in [-0.3, -0.25) is 0 Å². The first-order valence-electron chi connectivity index (χ1n) is 20.8. The summed E-state index contributed by atoms with van der Waals surface area (Å²) in [6.45, 7) is 0. The van der Waals surface area contributed by atoms with Gasteiger partial charge >= 0.3 is 0 Å². The van der Waals surface area contributed by atoms with Crippen molar-refractivity contribution in [2.24, 2.45) is 0 Å². The van der Waals surface area contributed by atoms with E-state index in [0.717, 1.165) is 96.8 Å². The Kier molecular flexibility index (Phi) is 8.15. The number of para-hydroxylation sites is 2. The van der Waals surface area contributed by atoms with Gasteiger partial charge in [0.15, 0.2) is 23.3 Å². The molecule has 13 aromatic rings. The molecule has 294 valence electrons. The molecule has 13 rings (SSSR count). The van der Waals surface area contributed by atoms with Crippen LogP contribution in [0.4, 0.5) is 0 Å². The molecule has 0 fully saturated rings. The van der Waals surface area contributed by atoms with Crippen molar-refractivity contribution in [3.8, 4) is 62.5 Å². The highest BCUT2D eigenvalue weighted by Gasteiger charge is 2.23. The molecule has 5 heterocycles. The van der Waals surface area contributed by atoms with Crippen molar-refractivity contribution in [2.75, 3.05) is 0 Å². The lowest BCUT2D eigenvalue weighted by Gasteiger charge is -2.11. The molecule has 0 aliphatic carbocycles. The Morgan fingerprint density at radius 3 is 1.67 bits per heavy atom. The third kappa shape index (κ3) is 5.73. The summed E-state index contributed by atoms with van der Waals surface area (Å²) in [4.78, 5) is 26.6. The van der Waals surface area contributed by atoms with Crippen LogP contribution in [-0.2, 0) is 0 Å². The smallest absolute Gasteiger partial charge is 0.164 e. The molecule has 0 aliphatic heterocycles. The van der Waals surface area contributed by atoms with E-state index in [2.05, 4.69) is 174 Å². The monoisotopic (exact) mass is 840 g/mol. The lowest BCUT2D eigenvalue weighted by atomic mass is 10.0. The molecule has 6 nitrogen and oxygen atoms in total. The zero-order valence-electron chi connectivity index (χ0n) is 33.5. The zero-order valence-corrected chi connectivity index (χ0v) is 35.1. The van der Waals surface area contributed by atoms with E-state index in [9.17, 15) is 0 Å². The van der Waals surface area contributed by atoms with Gasteiger partial charge in [-0.2, -0.15) is 0 Å². The van der Waals surface area contributed by atoms with Gasteiger partial charge in [-0.15, -0.1) is 22.7 Å². The Morgan fingerprint density at radius 1 is 0.333 bits per heavy atom. The highest BCUT2D eigenvalue weighted by atomic mass is 32.1. The SMILES string of the molecule is c1ccc(-c2nc(-c3cccc4sc5c(-c6nc(-c7ccccc7)c7sc8ccccc8c7n6)cccc5c34)nc(-c3cccc4c3c3ccccc3n4-c3ccccc3)n2)cc1. The Balaban J connectivity index is 1.05. The summed E-state index contributed by atoms with van der Waals surface area (Å²) in [5, 5.41) is 5.59. The van der Waals surface area contributed by atoms with Crippen LogP contribution in [0.1, 0.15) is 0 Å². The predicted octanol–water partition coefficient (Wildman–Crippen LogP) is 14.8. The number of benzene rings is 8. The van der Waals surface area contributed by atoms with Gasteiger partial charge in [0.2, 0.25) is 0 Å². The predicted molar refractivity (Wildman–Crippen MR) is 263 cm³/mol. The van der Waals surface area contributed by atoms with Crippen LogP contribution in [0, 0.1) is 0 Å². The second kappa shape index (κ2) is 14.3. The molecule has 0 N–H and O–H groups in total. The molecule has 0 saturated carbocycles. The molecule has 0 aliphatic rings. The first kappa shape index (κ1) is 35.8. The summed E-state index contributed by atoms with van der Waals surface area (Å²) in [6, 6.07) is 67.7. The van der Waals surface area contributed by atoms with E-state index >= 15 is 0 Å². The van der Waals surface area contributed by atoms with E-state index < -0.39 is 0 Å². The molecule has 0 spiro atoms. The number of aromatic nitrogens is 6. The number of fused-ring (bicyclic) bond motifs is 9. The lowest BCUT2D eigenvalue weighted by molar-refractivity contribution is 1.08. The molecule has 63 heavy (non-hydrogen) atoms. The van der Waals surface area contributed by atoms with Crippen molar-refractivity contribution in [3.63, 3.8) is 0 Å². The van der Waals surface area contributed by atoms with Gasteiger partial charge in [0.25, 0.3) is 0 Å². The summed E-state index contributed by atoms with van der Waals surface area (Å²) in [5.74, 6) is 2.57. The van der Waals surface area contributed by atoms with Crippen LogP contribution in [-0.4, -0.2) is 29.5 Å². The van der Waals surface area contributed by atoms with Crippen LogP contribution in [0.5, 0.6) is 0 Å². The highest BCUT2D eigenvalue weighted by molar-refractivity contribution is 7.26. The largest absolute Gasteiger partial charge is 0.309 e. The van der Waals surface area contributed by atoms with E-state index in [1.807, 2.05) is 24.3 Å². The third-order valence-electron chi connectivity index (χ3n) is 11.9. The van der Waals surface area contributed by atoms with Crippen LogP contribution in [0.3, 0.4) is 0 Å². The standard InChI is InChI=1S/C55H32N6S2/c1-4-17-33(18-5-1)48-51-49(37-24-11-13-31-44(37)62-51)57-55(56-48)41-28-14-25-38-47-40(27-16-32-45(47)63-50(38)41)54-59-52(34-19-6-2-7-20-34)58-53(60-54)39-26-15-30-43-46(39)36-23-10-12-29-42(36)61(43)35-21-8-3-9-22-35/h1-32H. The van der Waals surface area contributed by atoms with E-state index in [4.69, 9.17) is 24.9 Å². The van der Waals surface area contributed by atoms with Gasteiger partial charge < -0.3 is 4.57 Å². The first-order chi connectivity index (χ1) is 31.2. The Hall–Kier alpha value is -7.91. The number of nitrogens with zero attached hydrogens (tertiary/aromatic N) is 6. The maximum absolute atomic E-state index is 5.41. The zero-order chi connectivity index (χ0) is 41.4. The minimum absolute atomic E-state index is 0.618. The molecule has 8 aromatic carbocycles. The van der Waals surface area contributed by atoms with Crippen molar-refractivity contribution in [2.45, 2.75) is 0 Å². The summed E-state index contributed by atoms with van der Waals surface area (Å²) in [5.41, 5.74) is 10.1. The first-order valence-corrected chi connectivity index (χ1v) is 22.5. The van der Waals surface area contributed by atoms with Crippen molar-refractivity contribution in [1.29, 1.82) is 0 Å². The number of thiophene rings is 2. The minimum Gasteiger partial charge on any atom is -0.309 e. The van der Waals surface area contributed by atoms with Crippen LogP contribution < -0.4 is 0 Å². The normalized spacial score (nSPS) is 11.8. The topological polar surface area (TPSA) is 69.4 Å². The van der Waals surface area contributed by atoms with Gasteiger partial charge in [0.1, 0.15) is 0 Å². The van der Waals surface area contributed by atoms with Crippen molar-refractivity contribution in [1.82, 2.24) is 29.5 Å². The number of hydrogen-bond acceptors (Lipinski definition) is 7. The van der Waals surface area contributed by atoms with Crippen LogP contribution in [0.25, 0.3) is 125 Å². The molecular formula is C55H32N6S2. The van der Waals surface area contributed by atoms with Crippen LogP contribution >= 0.6 is 22.7 Å². The quantitative estimate of drug-likeness (QED) is 0.167. The molecule has 0 saturated heterocycles. The highest BCUT2D eigenvalue weighted by Crippen LogP contribution is 2.46. The summed E-state index contributed by atoms with van der Waals surface area (Å²) in [7, 11) is 0. The summed E-state index contributed by atoms with van der Waals surface area (Å²) < 4.78 is 6.88. The van der Waals surface area contributed by atoms with Gasteiger partial charge in [-0.05, 0) is 42.5 Å². The minimum atomic E-state index is 0.618. The summed E-state index contributed by atoms with van der Waals surface area (Å²) >= 11 is 3.51. The maximum atomic E-state index is 5.41. The van der Waals surface area contributed by atoms with Gasteiger partial charge in [-0.1, -0.05) is 152 Å². The Morgan fingerprint density at radius 2 is 0.873 bits per heavy atom. The van der Waals surface area contributed by atoms with Crippen LogP contribution in [0.2, 0.25) is 0 Å². The number of rotatable bonds is 6. The average Bonchev–Trinajstić information content (AvgIpc) is 4.04. The molecule has 0 atom stereocenters. The third-order valence-corrected chi connectivity index (χ3v) is 14.3. The van der Waals surface area contributed by atoms with E-state index in [1.165, 1.54) is 4.70 Å². The summed E-state index contributed by atoms with van der Waals surface area (Å²) in [6.07, 6.45) is 0. The fourth-order valence-electron chi connectivity index (χ4n) is 9.11. The van der Waals surface area contributed by atoms with Crippen molar-refractivity contribution in [3.05, 3.63) is 194 Å². The Bertz CT molecular complexity index is 3910. The maximum Gasteiger partial charge on any atom is 0.164 e. The van der Waals surface area contributed by atoms with E-state index in [1.54, 1.807) is 22.7 Å². The second-order valence-corrected chi connectivity index (χ2v) is 17.7. The Labute approximate surface area is 369 Å². The molecule has 8 heteroatoms. The van der Waals surface area contributed by atoms with Crippen molar-refractivity contribution >= 4 is 85.0 Å². The molecular weight excluding hydrogens is 809 g/mol. The van der Waals surface area contributed by atoms with Gasteiger partial charge in [0.05, 0.1) is 26.9 Å². The molecule has 0 radical (unpaired) electrons. The van der Waals surface area contributed by atoms with Crippen LogP contribution in [0.15, 0.2) is 194 Å². The fourth-order valence-corrected chi connectivity index (χ4v) is 11.5. The molecule has 0 unspecified atom stereocenters. The van der Waals surface area contributed by atoms with Gasteiger partial charge in [-0.25, -0.2) is 24.9 Å². The molecule has 5 aromatic heterocycles. The van der Waals surface area contributed by atoms with Crippen molar-refractivity contribution < 1.29 is 0 Å². The fraction of sp³-hybridized carbons (Fsp3) is 0. The van der Waals surface area contributed by atoms with E-state index in [-0.39, 0.29) is 0 Å². The second-order valence-electron chi connectivity index (χ2n) is 15.6. The van der Waals surface area contributed by atoms with Gasteiger partial charge in [0, 0.05) is 74.5 Å². The number of hydrogen-bond donors (Lipinski definition) is 0.